The predicted molar refractivity (Wildman–Crippen MR) is 74.8 cm³/mol. The number of aryl methyl sites for hydroxylation is 2. The minimum atomic E-state index is -0.283. The average molecular weight is 244 g/mol. The monoisotopic (exact) mass is 244 g/mol. The molecule has 2 rings (SSSR count). The Morgan fingerprint density at radius 3 is 2.39 bits per heavy atom. The van der Waals surface area contributed by atoms with Gasteiger partial charge in [-0.25, -0.2) is 4.39 Å². The Morgan fingerprint density at radius 2 is 1.72 bits per heavy atom. The third-order valence-electron chi connectivity index (χ3n) is 3.23. The molecule has 0 aliphatic rings. The Balaban J connectivity index is 2.44. The highest BCUT2D eigenvalue weighted by Crippen LogP contribution is 2.30. The van der Waals surface area contributed by atoms with E-state index in [4.69, 9.17) is 5.73 Å². The summed E-state index contributed by atoms with van der Waals surface area (Å²) in [5.41, 5.74) is 10.6. The number of benzene rings is 2. The van der Waals surface area contributed by atoms with Gasteiger partial charge in [0.1, 0.15) is 5.82 Å². The van der Waals surface area contributed by atoms with Gasteiger partial charge in [0.25, 0.3) is 0 Å². The van der Waals surface area contributed by atoms with Crippen molar-refractivity contribution in [1.82, 2.24) is 0 Å². The minimum Gasteiger partial charge on any atom is -0.397 e. The van der Waals surface area contributed by atoms with E-state index in [9.17, 15) is 4.39 Å². The number of hydrogen-bond donors (Lipinski definition) is 1. The van der Waals surface area contributed by atoms with E-state index in [-0.39, 0.29) is 5.82 Å². The summed E-state index contributed by atoms with van der Waals surface area (Å²) in [5.74, 6) is -0.283. The van der Waals surface area contributed by atoms with Gasteiger partial charge in [-0.3, -0.25) is 0 Å². The highest BCUT2D eigenvalue weighted by atomic mass is 19.1. The standard InChI is InChI=1S/C15H17FN2/c1-10-4-6-13(8-11(10)2)18(3)15-9-12(16)5-7-14(15)17/h4-9H,17H2,1-3H3. The van der Waals surface area contributed by atoms with Gasteiger partial charge in [0.2, 0.25) is 0 Å². The van der Waals surface area contributed by atoms with E-state index >= 15 is 0 Å². The molecule has 0 bridgehead atoms. The third kappa shape index (κ3) is 2.30. The van der Waals surface area contributed by atoms with Gasteiger partial charge in [-0.2, -0.15) is 0 Å². The molecule has 0 spiro atoms. The molecule has 0 saturated carbocycles. The Hall–Kier alpha value is -2.03. The first-order valence-electron chi connectivity index (χ1n) is 5.85. The topological polar surface area (TPSA) is 29.3 Å². The van der Waals surface area contributed by atoms with Crippen LogP contribution in [0, 0.1) is 19.7 Å². The predicted octanol–water partition coefficient (Wildman–Crippen LogP) is 3.79. The smallest absolute Gasteiger partial charge is 0.125 e. The summed E-state index contributed by atoms with van der Waals surface area (Å²) in [6, 6.07) is 10.5. The largest absolute Gasteiger partial charge is 0.397 e. The lowest BCUT2D eigenvalue weighted by molar-refractivity contribution is 0.628. The molecule has 94 valence electrons. The number of rotatable bonds is 2. The molecule has 0 aromatic heterocycles. The van der Waals surface area contributed by atoms with Crippen LogP contribution in [0.4, 0.5) is 21.5 Å². The zero-order chi connectivity index (χ0) is 13.3. The number of nitrogen functional groups attached to an aromatic ring is 1. The molecule has 0 saturated heterocycles. The first-order chi connectivity index (χ1) is 8.49. The molecule has 0 amide bonds. The van der Waals surface area contributed by atoms with E-state index in [1.165, 1.54) is 23.3 Å². The molecule has 0 aliphatic heterocycles. The summed E-state index contributed by atoms with van der Waals surface area (Å²) in [5, 5.41) is 0. The molecule has 3 heteroatoms. The first kappa shape index (κ1) is 12.4. The van der Waals surface area contributed by atoms with Gasteiger partial charge in [0.05, 0.1) is 11.4 Å². The maximum atomic E-state index is 13.3. The van der Waals surface area contributed by atoms with Gasteiger partial charge < -0.3 is 10.6 Å². The van der Waals surface area contributed by atoms with Crippen LogP contribution >= 0.6 is 0 Å². The molecule has 2 nitrogen and oxygen atoms in total. The summed E-state index contributed by atoms with van der Waals surface area (Å²) in [6.07, 6.45) is 0. The molecule has 0 aliphatic carbocycles. The van der Waals surface area contributed by atoms with E-state index in [1.54, 1.807) is 6.07 Å². The number of nitrogens with two attached hydrogens (primary N) is 1. The van der Waals surface area contributed by atoms with Crippen LogP contribution in [0.1, 0.15) is 11.1 Å². The third-order valence-corrected chi connectivity index (χ3v) is 3.23. The zero-order valence-electron chi connectivity index (χ0n) is 10.9. The molecule has 2 aromatic carbocycles. The summed E-state index contributed by atoms with van der Waals surface area (Å²) < 4.78 is 13.3. The van der Waals surface area contributed by atoms with Crippen molar-refractivity contribution in [2.45, 2.75) is 13.8 Å². The molecule has 0 unspecified atom stereocenters. The SMILES string of the molecule is Cc1ccc(N(C)c2cc(F)ccc2N)cc1C. The Labute approximate surface area is 107 Å². The molecular weight excluding hydrogens is 227 g/mol. The van der Waals surface area contributed by atoms with Crippen LogP contribution in [0.2, 0.25) is 0 Å². The fourth-order valence-electron chi connectivity index (χ4n) is 1.88. The Kier molecular flexibility index (Phi) is 3.24. The fourth-order valence-corrected chi connectivity index (χ4v) is 1.88. The minimum absolute atomic E-state index is 0.283. The molecule has 2 N–H and O–H groups in total. The number of nitrogens with zero attached hydrogens (tertiary/aromatic N) is 1. The molecule has 18 heavy (non-hydrogen) atoms. The molecule has 0 heterocycles. The summed E-state index contributed by atoms with van der Waals surface area (Å²) in [4.78, 5) is 1.89. The second-order valence-corrected chi connectivity index (χ2v) is 4.53. The van der Waals surface area contributed by atoms with Gasteiger partial charge in [-0.05, 0) is 55.3 Å². The zero-order valence-corrected chi connectivity index (χ0v) is 10.9. The highest BCUT2D eigenvalue weighted by Gasteiger charge is 2.09. The lowest BCUT2D eigenvalue weighted by Gasteiger charge is -2.22. The highest BCUT2D eigenvalue weighted by molar-refractivity contribution is 5.74. The molecule has 0 atom stereocenters. The van der Waals surface area contributed by atoms with Gasteiger partial charge >= 0.3 is 0 Å². The molecule has 2 aromatic rings. The Bertz CT molecular complexity index is 579. The van der Waals surface area contributed by atoms with Crippen LogP contribution in [0.5, 0.6) is 0 Å². The van der Waals surface area contributed by atoms with E-state index in [0.717, 1.165) is 5.69 Å². The van der Waals surface area contributed by atoms with Crippen molar-refractivity contribution in [2.75, 3.05) is 17.7 Å². The van der Waals surface area contributed by atoms with Crippen molar-refractivity contribution in [1.29, 1.82) is 0 Å². The maximum absolute atomic E-state index is 13.3. The quantitative estimate of drug-likeness (QED) is 0.814. The van der Waals surface area contributed by atoms with Crippen molar-refractivity contribution in [3.63, 3.8) is 0 Å². The van der Waals surface area contributed by atoms with Crippen molar-refractivity contribution in [2.24, 2.45) is 0 Å². The average Bonchev–Trinajstić information content (AvgIpc) is 2.35. The number of anilines is 3. The lowest BCUT2D eigenvalue weighted by atomic mass is 10.1. The summed E-state index contributed by atoms with van der Waals surface area (Å²) >= 11 is 0. The van der Waals surface area contributed by atoms with Crippen LogP contribution in [-0.4, -0.2) is 7.05 Å². The fraction of sp³-hybridized carbons (Fsp3) is 0.200. The van der Waals surface area contributed by atoms with Crippen LogP contribution in [0.15, 0.2) is 36.4 Å². The van der Waals surface area contributed by atoms with Crippen molar-refractivity contribution in [3.8, 4) is 0 Å². The van der Waals surface area contributed by atoms with Crippen LogP contribution in [-0.2, 0) is 0 Å². The molecule has 0 radical (unpaired) electrons. The molecule has 0 fully saturated rings. The lowest BCUT2D eigenvalue weighted by Crippen LogP contribution is -2.12. The summed E-state index contributed by atoms with van der Waals surface area (Å²) in [7, 11) is 1.88. The van der Waals surface area contributed by atoms with E-state index in [0.29, 0.717) is 11.4 Å². The number of halogens is 1. The van der Waals surface area contributed by atoms with Crippen molar-refractivity contribution in [3.05, 3.63) is 53.3 Å². The normalized spacial score (nSPS) is 10.4. The van der Waals surface area contributed by atoms with Gasteiger partial charge in [-0.1, -0.05) is 6.07 Å². The van der Waals surface area contributed by atoms with Gasteiger partial charge in [-0.15, -0.1) is 0 Å². The van der Waals surface area contributed by atoms with Gasteiger partial charge in [0, 0.05) is 12.7 Å². The second-order valence-electron chi connectivity index (χ2n) is 4.53. The molecular formula is C15H17FN2. The van der Waals surface area contributed by atoms with Crippen LogP contribution < -0.4 is 10.6 Å². The summed E-state index contributed by atoms with van der Waals surface area (Å²) in [6.45, 7) is 4.12. The van der Waals surface area contributed by atoms with Crippen molar-refractivity contribution >= 4 is 17.1 Å². The number of hydrogen-bond acceptors (Lipinski definition) is 2. The van der Waals surface area contributed by atoms with Gasteiger partial charge in [0.15, 0.2) is 0 Å². The second kappa shape index (κ2) is 4.69. The van der Waals surface area contributed by atoms with Crippen LogP contribution in [0.25, 0.3) is 0 Å². The van der Waals surface area contributed by atoms with Crippen molar-refractivity contribution < 1.29 is 4.39 Å². The first-order valence-corrected chi connectivity index (χ1v) is 5.85. The van der Waals surface area contributed by atoms with E-state index in [1.807, 2.05) is 18.0 Å². The van der Waals surface area contributed by atoms with Crippen LogP contribution in [0.3, 0.4) is 0 Å². The maximum Gasteiger partial charge on any atom is 0.125 e. The Morgan fingerprint density at radius 1 is 1.00 bits per heavy atom. The van der Waals surface area contributed by atoms with E-state index < -0.39 is 0 Å². The van der Waals surface area contributed by atoms with E-state index in [2.05, 4.69) is 26.0 Å².